The van der Waals surface area contributed by atoms with Gasteiger partial charge in [-0.1, -0.05) is 55.1 Å². The summed E-state index contributed by atoms with van der Waals surface area (Å²) in [5.74, 6) is 0.554. The van der Waals surface area contributed by atoms with Crippen LogP contribution in [0.15, 0.2) is 36.4 Å². The monoisotopic (exact) mass is 580 g/mol. The molecule has 4 aliphatic rings. The number of carbonyl (C=O) groups is 3. The molecule has 2 aromatic rings. The minimum Gasteiger partial charge on any atom is -0.496 e. The molecule has 0 N–H and O–H groups in total. The van der Waals surface area contributed by atoms with Crippen LogP contribution in [0.3, 0.4) is 0 Å². The van der Waals surface area contributed by atoms with Crippen LogP contribution in [0, 0.1) is 5.92 Å². The number of benzene rings is 2. The third-order valence-electron chi connectivity index (χ3n) is 9.41. The first-order valence-electron chi connectivity index (χ1n) is 15.0. The molecule has 2 aromatic carbocycles. The van der Waals surface area contributed by atoms with Gasteiger partial charge in [0.15, 0.2) is 6.29 Å². The van der Waals surface area contributed by atoms with Crippen molar-refractivity contribution in [1.82, 2.24) is 9.80 Å². The zero-order valence-electron chi connectivity index (χ0n) is 24.2. The van der Waals surface area contributed by atoms with Crippen LogP contribution >= 0.6 is 11.6 Å². The topological polar surface area (TPSA) is 76.2 Å². The third-order valence-corrected chi connectivity index (χ3v) is 9.73. The van der Waals surface area contributed by atoms with Crippen LogP contribution in [0.4, 0.5) is 0 Å². The van der Waals surface area contributed by atoms with Gasteiger partial charge < -0.3 is 14.4 Å². The van der Waals surface area contributed by atoms with E-state index >= 15 is 0 Å². The fraction of sp³-hybridized carbons (Fsp3) is 0.545. The Balaban J connectivity index is 1.24. The number of hydrogen-bond donors (Lipinski definition) is 0. The summed E-state index contributed by atoms with van der Waals surface area (Å²) in [7, 11) is 3.20. The Morgan fingerprint density at radius 3 is 2.54 bits per heavy atom. The number of aldehydes is 1. The smallest absolute Gasteiger partial charge is 0.316 e. The molecule has 1 amide bonds. The van der Waals surface area contributed by atoms with Gasteiger partial charge in [-0.15, -0.1) is 0 Å². The van der Waals surface area contributed by atoms with E-state index < -0.39 is 5.41 Å². The highest BCUT2D eigenvalue weighted by molar-refractivity contribution is 6.34. The van der Waals surface area contributed by atoms with Gasteiger partial charge in [-0.2, -0.15) is 0 Å². The number of ether oxygens (including phenoxy) is 2. The molecule has 2 bridgehead atoms. The molecule has 3 heterocycles. The van der Waals surface area contributed by atoms with Gasteiger partial charge in [0.25, 0.3) is 5.91 Å². The Morgan fingerprint density at radius 2 is 1.88 bits per heavy atom. The van der Waals surface area contributed by atoms with E-state index in [4.69, 9.17) is 21.1 Å². The van der Waals surface area contributed by atoms with E-state index in [-0.39, 0.29) is 23.0 Å². The van der Waals surface area contributed by atoms with E-state index in [1.165, 1.54) is 19.2 Å². The summed E-state index contributed by atoms with van der Waals surface area (Å²) in [5.41, 5.74) is 2.26. The van der Waals surface area contributed by atoms with Crippen molar-refractivity contribution in [2.45, 2.75) is 69.3 Å². The van der Waals surface area contributed by atoms with Gasteiger partial charge in [0.05, 0.1) is 28.7 Å². The lowest BCUT2D eigenvalue weighted by Gasteiger charge is -2.45. The summed E-state index contributed by atoms with van der Waals surface area (Å²) in [4.78, 5) is 42.3. The molecule has 0 spiro atoms. The molecule has 1 atom stereocenters. The highest BCUT2D eigenvalue weighted by Crippen LogP contribution is 2.42. The van der Waals surface area contributed by atoms with Crippen molar-refractivity contribution in [3.63, 3.8) is 0 Å². The fourth-order valence-electron chi connectivity index (χ4n) is 6.91. The van der Waals surface area contributed by atoms with Gasteiger partial charge >= 0.3 is 5.97 Å². The number of hydrogen-bond acceptors (Lipinski definition) is 6. The number of carbonyl (C=O) groups excluding carboxylic acids is 3. The standard InChI is InChI=1S/C33H41ClN2O5/c1-35(31(38)27-20-29(40-2)25(22-37)19-28(27)34)15-7-9-23-8-6-10-26(18-23)33(13-4-3-5-14-33)32(39)41-30-21-36-16-11-24(30)12-17-36/h6,8,10,18-20,22,24,30H,3-5,7,9,11-17,21H2,1-2H3. The average molecular weight is 581 g/mol. The summed E-state index contributed by atoms with van der Waals surface area (Å²) in [6.07, 6.45) is 9.35. The quantitative estimate of drug-likeness (QED) is 0.265. The number of amides is 1. The molecule has 8 heteroatoms. The van der Waals surface area contributed by atoms with Crippen LogP contribution < -0.4 is 4.74 Å². The van der Waals surface area contributed by atoms with E-state index in [1.807, 2.05) is 0 Å². The van der Waals surface area contributed by atoms with Crippen molar-refractivity contribution in [1.29, 1.82) is 0 Å². The number of methoxy groups -OCH3 is 1. The molecule has 6 rings (SSSR count). The van der Waals surface area contributed by atoms with Gasteiger partial charge in [0.2, 0.25) is 0 Å². The number of halogens is 1. The lowest BCUT2D eigenvalue weighted by molar-refractivity contribution is -0.167. The van der Waals surface area contributed by atoms with Crippen molar-refractivity contribution in [2.75, 3.05) is 40.3 Å². The van der Waals surface area contributed by atoms with Crippen molar-refractivity contribution in [2.24, 2.45) is 5.92 Å². The maximum atomic E-state index is 13.9. The summed E-state index contributed by atoms with van der Waals surface area (Å²) in [5, 5.41) is 0.223. The number of aryl methyl sites for hydroxylation is 1. The SMILES string of the molecule is COc1cc(C(=O)N(C)CCCc2cccc(C3(C(=O)OC4CN5CCC4CC5)CCCCC3)c2)c(Cl)cc1C=O. The largest absolute Gasteiger partial charge is 0.496 e. The lowest BCUT2D eigenvalue weighted by atomic mass is 9.69. The normalized spacial score (nSPS) is 23.0. The lowest BCUT2D eigenvalue weighted by Crippen LogP contribution is -2.53. The van der Waals surface area contributed by atoms with Crippen LogP contribution in [-0.4, -0.2) is 74.4 Å². The number of fused-ring (bicyclic) bond motifs is 3. The predicted molar refractivity (Wildman–Crippen MR) is 159 cm³/mol. The minimum atomic E-state index is -0.573. The van der Waals surface area contributed by atoms with E-state index in [0.29, 0.717) is 35.6 Å². The Kier molecular flexibility index (Phi) is 9.35. The Hall–Kier alpha value is -2.90. The molecule has 0 aromatic heterocycles. The van der Waals surface area contributed by atoms with E-state index in [9.17, 15) is 14.4 Å². The molecular weight excluding hydrogens is 540 g/mol. The molecule has 220 valence electrons. The Bertz CT molecular complexity index is 1270. The summed E-state index contributed by atoms with van der Waals surface area (Å²) in [6.45, 7) is 3.66. The van der Waals surface area contributed by atoms with Crippen molar-refractivity contribution in [3.8, 4) is 5.75 Å². The molecule has 3 aliphatic heterocycles. The molecule has 1 unspecified atom stereocenters. The molecule has 1 aliphatic carbocycles. The second-order valence-corrected chi connectivity index (χ2v) is 12.4. The second-order valence-electron chi connectivity index (χ2n) is 11.9. The first kappa shape index (κ1) is 29.6. The zero-order valence-corrected chi connectivity index (χ0v) is 25.0. The highest BCUT2D eigenvalue weighted by Gasteiger charge is 2.45. The number of nitrogens with zero attached hydrogens (tertiary/aromatic N) is 2. The van der Waals surface area contributed by atoms with Gasteiger partial charge in [-0.25, -0.2) is 0 Å². The summed E-state index contributed by atoms with van der Waals surface area (Å²) < 4.78 is 11.6. The van der Waals surface area contributed by atoms with Crippen LogP contribution in [0.2, 0.25) is 5.02 Å². The molecule has 7 nitrogen and oxygen atoms in total. The Labute approximate surface area is 248 Å². The van der Waals surface area contributed by atoms with Crippen LogP contribution in [-0.2, 0) is 21.4 Å². The minimum absolute atomic E-state index is 0.0168. The van der Waals surface area contributed by atoms with Gasteiger partial charge in [0.1, 0.15) is 11.9 Å². The number of piperidine rings is 3. The van der Waals surface area contributed by atoms with Gasteiger partial charge in [0, 0.05) is 20.1 Å². The van der Waals surface area contributed by atoms with E-state index in [1.54, 1.807) is 11.9 Å². The second kappa shape index (κ2) is 13.0. The van der Waals surface area contributed by atoms with Crippen LogP contribution in [0.25, 0.3) is 0 Å². The van der Waals surface area contributed by atoms with Crippen LogP contribution in [0.5, 0.6) is 5.75 Å². The van der Waals surface area contributed by atoms with E-state index in [2.05, 4.69) is 29.2 Å². The van der Waals surface area contributed by atoms with Crippen molar-refractivity contribution in [3.05, 3.63) is 63.7 Å². The molecular formula is C33H41ClN2O5. The zero-order chi connectivity index (χ0) is 29.0. The van der Waals surface area contributed by atoms with Gasteiger partial charge in [-0.05, 0) is 80.8 Å². The average Bonchev–Trinajstić information content (AvgIpc) is 3.01. The fourth-order valence-corrected chi connectivity index (χ4v) is 7.17. The summed E-state index contributed by atoms with van der Waals surface area (Å²) >= 11 is 6.31. The maximum absolute atomic E-state index is 13.9. The number of rotatable bonds is 10. The van der Waals surface area contributed by atoms with Gasteiger partial charge in [-0.3, -0.25) is 19.3 Å². The van der Waals surface area contributed by atoms with Crippen molar-refractivity contribution < 1.29 is 23.9 Å². The highest BCUT2D eigenvalue weighted by atomic mass is 35.5. The summed E-state index contributed by atoms with van der Waals surface area (Å²) in [6, 6.07) is 11.4. The first-order chi connectivity index (χ1) is 19.8. The third kappa shape index (κ3) is 6.31. The van der Waals surface area contributed by atoms with Crippen LogP contribution in [0.1, 0.15) is 83.2 Å². The molecule has 41 heavy (non-hydrogen) atoms. The van der Waals surface area contributed by atoms with E-state index in [0.717, 1.165) is 88.5 Å². The van der Waals surface area contributed by atoms with Crippen molar-refractivity contribution >= 4 is 29.8 Å². The maximum Gasteiger partial charge on any atom is 0.316 e. The Morgan fingerprint density at radius 1 is 1.12 bits per heavy atom. The molecule has 0 radical (unpaired) electrons. The number of esters is 1. The first-order valence-corrected chi connectivity index (χ1v) is 15.3. The molecule has 1 saturated carbocycles. The molecule has 3 saturated heterocycles. The molecule has 4 fully saturated rings. The predicted octanol–water partition coefficient (Wildman–Crippen LogP) is 5.71.